The van der Waals surface area contributed by atoms with Crippen molar-refractivity contribution in [3.8, 4) is 11.5 Å². The lowest BCUT2D eigenvalue weighted by Gasteiger charge is -2.31. The van der Waals surface area contributed by atoms with E-state index in [0.717, 1.165) is 63.1 Å². The molecule has 2 fully saturated rings. The number of halogens is 1. The van der Waals surface area contributed by atoms with Crippen molar-refractivity contribution in [2.24, 2.45) is 10.9 Å². The molecule has 0 saturated carbocycles. The number of hydrogen-bond acceptors (Lipinski definition) is 5. The van der Waals surface area contributed by atoms with Crippen molar-refractivity contribution >= 4 is 29.9 Å². The summed E-state index contributed by atoms with van der Waals surface area (Å²) < 4.78 is 10.8. The van der Waals surface area contributed by atoms with Crippen LogP contribution in [0.4, 0.5) is 0 Å². The Bertz CT molecular complexity index is 695. The van der Waals surface area contributed by atoms with Crippen LogP contribution >= 0.6 is 24.0 Å². The van der Waals surface area contributed by atoms with Crippen LogP contribution < -0.4 is 20.1 Å². The highest BCUT2D eigenvalue weighted by molar-refractivity contribution is 14.0. The summed E-state index contributed by atoms with van der Waals surface area (Å²) in [6.07, 6.45) is 3.71. The summed E-state index contributed by atoms with van der Waals surface area (Å²) in [5.41, 5.74) is 1.22. The molecule has 0 radical (unpaired) electrons. The van der Waals surface area contributed by atoms with E-state index < -0.39 is 0 Å². The zero-order valence-electron chi connectivity index (χ0n) is 20.2. The third-order valence-electron chi connectivity index (χ3n) is 6.33. The fourth-order valence-corrected chi connectivity index (χ4v) is 4.63. The van der Waals surface area contributed by atoms with Crippen LogP contribution in [0.15, 0.2) is 23.2 Å². The van der Waals surface area contributed by atoms with Crippen LogP contribution in [0.2, 0.25) is 0 Å². The number of ether oxygens (including phenoxy) is 2. The fourth-order valence-electron chi connectivity index (χ4n) is 4.63. The summed E-state index contributed by atoms with van der Waals surface area (Å²) >= 11 is 0. The summed E-state index contributed by atoms with van der Waals surface area (Å²) in [6, 6.07) is 6.53. The Morgan fingerprint density at radius 1 is 1.03 bits per heavy atom. The Morgan fingerprint density at radius 2 is 1.78 bits per heavy atom. The largest absolute Gasteiger partial charge is 0.497 e. The minimum Gasteiger partial charge on any atom is -0.497 e. The van der Waals surface area contributed by atoms with Crippen LogP contribution in [0.3, 0.4) is 0 Å². The van der Waals surface area contributed by atoms with Gasteiger partial charge in [0.15, 0.2) is 5.96 Å². The van der Waals surface area contributed by atoms with Crippen LogP contribution in [-0.2, 0) is 6.54 Å². The molecule has 1 aromatic carbocycles. The fraction of sp³-hybridized carbons (Fsp3) is 0.708. The zero-order chi connectivity index (χ0) is 22.1. The molecule has 2 heterocycles. The molecule has 2 aliphatic heterocycles. The van der Waals surface area contributed by atoms with E-state index in [2.05, 4.69) is 46.4 Å². The second kappa shape index (κ2) is 14.1. The molecule has 2 unspecified atom stereocenters. The highest BCUT2D eigenvalue weighted by Gasteiger charge is 2.24. The van der Waals surface area contributed by atoms with Gasteiger partial charge in [0.1, 0.15) is 11.5 Å². The van der Waals surface area contributed by atoms with E-state index in [9.17, 15) is 0 Å². The Hall–Kier alpha value is -1.26. The molecule has 3 rings (SSSR count). The second-order valence-corrected chi connectivity index (χ2v) is 8.71. The molecule has 2 saturated heterocycles. The minimum atomic E-state index is 0. The molecule has 1 aromatic rings. The van der Waals surface area contributed by atoms with Gasteiger partial charge in [0.05, 0.1) is 14.2 Å². The molecular weight excluding hydrogens is 517 g/mol. The van der Waals surface area contributed by atoms with Crippen LogP contribution in [-0.4, -0.2) is 81.8 Å². The summed E-state index contributed by atoms with van der Waals surface area (Å²) in [6.45, 7) is 12.7. The van der Waals surface area contributed by atoms with Crippen molar-refractivity contribution in [3.63, 3.8) is 0 Å². The molecule has 8 heteroatoms. The predicted octanol–water partition coefficient (Wildman–Crippen LogP) is 3.18. The Labute approximate surface area is 211 Å². The van der Waals surface area contributed by atoms with Gasteiger partial charge in [-0.05, 0) is 62.9 Å². The molecule has 182 valence electrons. The average Bonchev–Trinajstić information content (AvgIpc) is 3.24. The number of nitrogens with zero attached hydrogens (tertiary/aromatic N) is 3. The number of piperidine rings is 1. The number of likely N-dealkylation sites (tertiary alicyclic amines) is 2. The van der Waals surface area contributed by atoms with Gasteiger partial charge in [0, 0.05) is 51.4 Å². The van der Waals surface area contributed by atoms with E-state index in [1.807, 2.05) is 6.07 Å². The lowest BCUT2D eigenvalue weighted by Crippen LogP contribution is -2.45. The molecule has 2 atom stereocenters. The molecule has 2 aliphatic rings. The minimum absolute atomic E-state index is 0. The molecule has 2 N–H and O–H groups in total. The van der Waals surface area contributed by atoms with Gasteiger partial charge in [-0.25, -0.2) is 0 Å². The van der Waals surface area contributed by atoms with Crippen molar-refractivity contribution in [2.75, 3.05) is 60.0 Å². The predicted molar refractivity (Wildman–Crippen MR) is 143 cm³/mol. The Kier molecular flexibility index (Phi) is 11.9. The third kappa shape index (κ3) is 8.26. The maximum Gasteiger partial charge on any atom is 0.191 e. The second-order valence-electron chi connectivity index (χ2n) is 8.71. The van der Waals surface area contributed by atoms with Crippen molar-refractivity contribution in [1.29, 1.82) is 0 Å². The molecule has 32 heavy (non-hydrogen) atoms. The van der Waals surface area contributed by atoms with Gasteiger partial charge in [0.25, 0.3) is 0 Å². The van der Waals surface area contributed by atoms with Crippen LogP contribution in [0, 0.1) is 5.92 Å². The van der Waals surface area contributed by atoms with Gasteiger partial charge in [-0.2, -0.15) is 0 Å². The first-order valence-electron chi connectivity index (χ1n) is 11.8. The number of hydrogen-bond donors (Lipinski definition) is 2. The monoisotopic (exact) mass is 559 g/mol. The van der Waals surface area contributed by atoms with Crippen LogP contribution in [0.1, 0.15) is 38.7 Å². The van der Waals surface area contributed by atoms with Crippen molar-refractivity contribution < 1.29 is 9.47 Å². The maximum absolute atomic E-state index is 5.42. The maximum atomic E-state index is 5.42. The quantitative estimate of drug-likeness (QED) is 0.276. The highest BCUT2D eigenvalue weighted by atomic mass is 127. The number of nitrogens with one attached hydrogen (secondary N) is 2. The van der Waals surface area contributed by atoms with Gasteiger partial charge in [0.2, 0.25) is 0 Å². The molecule has 0 bridgehead atoms. The molecular formula is C24H42IN5O2. The summed E-state index contributed by atoms with van der Waals surface area (Å²) in [5.74, 6) is 3.32. The van der Waals surface area contributed by atoms with E-state index in [1.165, 1.54) is 31.5 Å². The first kappa shape index (κ1) is 27.0. The highest BCUT2D eigenvalue weighted by Crippen LogP contribution is 2.24. The summed E-state index contributed by atoms with van der Waals surface area (Å²) in [7, 11) is 3.39. The van der Waals surface area contributed by atoms with E-state index >= 15 is 0 Å². The van der Waals surface area contributed by atoms with Crippen molar-refractivity contribution in [3.05, 3.63) is 23.8 Å². The molecule has 7 nitrogen and oxygen atoms in total. The van der Waals surface area contributed by atoms with Gasteiger partial charge in [-0.3, -0.25) is 9.89 Å². The van der Waals surface area contributed by atoms with E-state index in [4.69, 9.17) is 14.5 Å². The molecule has 0 aromatic heterocycles. The molecule has 0 spiro atoms. The zero-order valence-corrected chi connectivity index (χ0v) is 22.6. The summed E-state index contributed by atoms with van der Waals surface area (Å²) in [5, 5.41) is 7.12. The van der Waals surface area contributed by atoms with Gasteiger partial charge < -0.3 is 25.0 Å². The average molecular weight is 560 g/mol. The van der Waals surface area contributed by atoms with Crippen molar-refractivity contribution in [1.82, 2.24) is 20.4 Å². The van der Waals surface area contributed by atoms with Crippen LogP contribution in [0.5, 0.6) is 11.5 Å². The standard InChI is InChI=1S/C24H41N5O2.HI/c1-5-25-24(26-15-19-8-7-10-28(6-2)16-19)27-21-9-11-29(18-21)17-20-12-22(30-3)14-23(13-20)31-4;/h12-14,19,21H,5-11,15-18H2,1-4H3,(H2,25,26,27);1H. The smallest absolute Gasteiger partial charge is 0.191 e. The van der Waals surface area contributed by atoms with Crippen LogP contribution in [0.25, 0.3) is 0 Å². The van der Waals surface area contributed by atoms with E-state index in [0.29, 0.717) is 12.0 Å². The van der Waals surface area contributed by atoms with E-state index in [-0.39, 0.29) is 24.0 Å². The number of rotatable bonds is 9. The van der Waals surface area contributed by atoms with Gasteiger partial charge in [-0.15, -0.1) is 24.0 Å². The van der Waals surface area contributed by atoms with Gasteiger partial charge >= 0.3 is 0 Å². The number of methoxy groups -OCH3 is 2. The Morgan fingerprint density at radius 3 is 2.44 bits per heavy atom. The normalized spacial score (nSPS) is 22.3. The SMILES string of the molecule is CCNC(=NCC1CCCN(CC)C1)NC1CCN(Cc2cc(OC)cc(OC)c2)C1.I. The van der Waals surface area contributed by atoms with E-state index in [1.54, 1.807) is 14.2 Å². The first-order chi connectivity index (χ1) is 15.1. The van der Waals surface area contributed by atoms with Gasteiger partial charge in [-0.1, -0.05) is 6.92 Å². The molecule has 0 amide bonds. The first-order valence-corrected chi connectivity index (χ1v) is 11.8. The lowest BCUT2D eigenvalue weighted by molar-refractivity contribution is 0.186. The molecule has 0 aliphatic carbocycles. The third-order valence-corrected chi connectivity index (χ3v) is 6.33. The number of guanidine groups is 1. The lowest BCUT2D eigenvalue weighted by atomic mass is 9.98. The summed E-state index contributed by atoms with van der Waals surface area (Å²) in [4.78, 5) is 9.97. The number of aliphatic imine (C=N–C) groups is 1. The Balaban J connectivity index is 0.00000363. The van der Waals surface area contributed by atoms with Crippen molar-refractivity contribution in [2.45, 2.75) is 45.7 Å². The topological polar surface area (TPSA) is 61.4 Å². The number of benzene rings is 1.